The minimum absolute atomic E-state index is 0.455. The van der Waals surface area contributed by atoms with Crippen LogP contribution in [0.2, 0.25) is 5.02 Å². The first-order valence-corrected chi connectivity index (χ1v) is 9.53. The summed E-state index contributed by atoms with van der Waals surface area (Å²) >= 11 is 6.23. The summed E-state index contributed by atoms with van der Waals surface area (Å²) in [6.07, 6.45) is 2.45. The van der Waals surface area contributed by atoms with Crippen molar-refractivity contribution < 1.29 is 9.47 Å². The van der Waals surface area contributed by atoms with Crippen LogP contribution >= 0.6 is 11.6 Å². The molecule has 0 aliphatic rings. The van der Waals surface area contributed by atoms with Gasteiger partial charge in [-0.3, -0.25) is 5.10 Å². The molecule has 0 aliphatic heterocycles. The molecular weight excluding hydrogens is 388 g/mol. The van der Waals surface area contributed by atoms with Crippen molar-refractivity contribution in [3.05, 3.63) is 70.0 Å². The summed E-state index contributed by atoms with van der Waals surface area (Å²) in [5.74, 6) is 2.17. The minimum atomic E-state index is 0.455. The van der Waals surface area contributed by atoms with Gasteiger partial charge in [0.25, 0.3) is 0 Å². The highest BCUT2D eigenvalue weighted by Gasteiger charge is 2.18. The number of ether oxygens (including phenoxy) is 2. The van der Waals surface area contributed by atoms with E-state index in [0.717, 1.165) is 33.5 Å². The van der Waals surface area contributed by atoms with Crippen LogP contribution in [-0.4, -0.2) is 22.3 Å². The fraction of sp³-hybridized carbons (Fsp3) is 0.182. The Morgan fingerprint density at radius 1 is 1.14 bits per heavy atom. The van der Waals surface area contributed by atoms with Gasteiger partial charge in [-0.2, -0.15) is 5.10 Å². The average molecular weight is 409 g/mol. The summed E-state index contributed by atoms with van der Waals surface area (Å²) in [6, 6.07) is 11.5. The number of pyridine rings is 1. The molecule has 0 radical (unpaired) electrons. The highest BCUT2D eigenvalue weighted by Crippen LogP contribution is 2.38. The summed E-state index contributed by atoms with van der Waals surface area (Å²) in [4.78, 5) is 4.50. The first kappa shape index (κ1) is 19.1. The second kappa shape index (κ2) is 7.64. The van der Waals surface area contributed by atoms with Crippen molar-refractivity contribution in [2.75, 3.05) is 12.8 Å². The predicted octanol–water partition coefficient (Wildman–Crippen LogP) is 5.20. The van der Waals surface area contributed by atoms with E-state index in [9.17, 15) is 0 Å². The summed E-state index contributed by atoms with van der Waals surface area (Å²) in [6.45, 7) is 3.88. The van der Waals surface area contributed by atoms with Crippen LogP contribution in [0.3, 0.4) is 0 Å². The molecule has 0 aliphatic carbocycles. The number of hydrogen-bond donors (Lipinski definition) is 2. The number of halogens is 1. The zero-order valence-electron chi connectivity index (χ0n) is 16.4. The Kier molecular flexibility index (Phi) is 5.03. The second-order valence-electron chi connectivity index (χ2n) is 6.93. The maximum Gasteiger partial charge on any atom is 0.184 e. The number of nitrogens with two attached hydrogens (primary N) is 1. The van der Waals surface area contributed by atoms with E-state index in [1.165, 1.54) is 0 Å². The quantitative estimate of drug-likeness (QED) is 0.443. The van der Waals surface area contributed by atoms with Crippen LogP contribution in [0, 0.1) is 13.8 Å². The molecule has 148 valence electrons. The number of aromatic amines is 1. The van der Waals surface area contributed by atoms with E-state index in [1.54, 1.807) is 25.4 Å². The Balaban J connectivity index is 1.80. The third-order valence-electron chi connectivity index (χ3n) is 4.85. The van der Waals surface area contributed by atoms with Crippen LogP contribution in [-0.2, 0) is 6.42 Å². The molecule has 0 atom stereocenters. The van der Waals surface area contributed by atoms with Gasteiger partial charge in [0.05, 0.1) is 23.2 Å². The summed E-state index contributed by atoms with van der Waals surface area (Å²) in [5.41, 5.74) is 10.9. The van der Waals surface area contributed by atoms with Crippen LogP contribution < -0.4 is 15.2 Å². The van der Waals surface area contributed by atoms with Gasteiger partial charge in [0.2, 0.25) is 0 Å². The Hall–Kier alpha value is -3.25. The summed E-state index contributed by atoms with van der Waals surface area (Å²) in [5, 5.41) is 8.56. The van der Waals surface area contributed by atoms with Gasteiger partial charge in [-0.1, -0.05) is 23.7 Å². The average Bonchev–Trinajstić information content (AvgIpc) is 3.09. The lowest BCUT2D eigenvalue weighted by Gasteiger charge is -2.15. The van der Waals surface area contributed by atoms with Gasteiger partial charge in [0.15, 0.2) is 5.65 Å². The number of rotatable bonds is 5. The molecule has 29 heavy (non-hydrogen) atoms. The van der Waals surface area contributed by atoms with Crippen molar-refractivity contribution in [1.82, 2.24) is 15.2 Å². The number of methoxy groups -OCH3 is 1. The maximum atomic E-state index is 6.38. The Bertz CT molecular complexity index is 1190. The smallest absolute Gasteiger partial charge is 0.184 e. The third kappa shape index (κ3) is 3.71. The van der Waals surface area contributed by atoms with Crippen LogP contribution in [0.25, 0.3) is 11.0 Å². The highest BCUT2D eigenvalue weighted by atomic mass is 35.5. The van der Waals surface area contributed by atoms with Gasteiger partial charge in [-0.15, -0.1) is 0 Å². The number of anilines is 1. The molecule has 6 nitrogen and oxygen atoms in total. The Labute approximate surface area is 173 Å². The maximum absolute atomic E-state index is 6.38. The van der Waals surface area contributed by atoms with Crippen LogP contribution in [0.5, 0.6) is 17.2 Å². The number of aryl methyl sites for hydroxylation is 2. The van der Waals surface area contributed by atoms with Gasteiger partial charge in [0.1, 0.15) is 17.2 Å². The number of aromatic nitrogens is 3. The highest BCUT2D eigenvalue weighted by molar-refractivity contribution is 6.33. The number of fused-ring (bicyclic) bond motifs is 1. The number of nitrogens with one attached hydrogen (secondary N) is 1. The van der Waals surface area contributed by atoms with Crippen molar-refractivity contribution in [3.63, 3.8) is 0 Å². The number of H-pyrrole nitrogens is 1. The lowest BCUT2D eigenvalue weighted by atomic mass is 10.0. The molecule has 7 heteroatoms. The summed E-state index contributed by atoms with van der Waals surface area (Å²) < 4.78 is 11.6. The molecule has 3 N–H and O–H groups in total. The summed E-state index contributed by atoms with van der Waals surface area (Å²) in [7, 11) is 1.65. The molecule has 2 aromatic carbocycles. The second-order valence-corrected chi connectivity index (χ2v) is 7.33. The van der Waals surface area contributed by atoms with E-state index in [4.69, 9.17) is 26.8 Å². The fourth-order valence-corrected chi connectivity index (χ4v) is 3.40. The van der Waals surface area contributed by atoms with E-state index in [0.29, 0.717) is 34.3 Å². The van der Waals surface area contributed by atoms with Gasteiger partial charge < -0.3 is 15.2 Å². The Morgan fingerprint density at radius 2 is 1.90 bits per heavy atom. The monoisotopic (exact) mass is 408 g/mol. The van der Waals surface area contributed by atoms with E-state index < -0.39 is 0 Å². The van der Waals surface area contributed by atoms with E-state index in [-0.39, 0.29) is 0 Å². The predicted molar refractivity (Wildman–Crippen MR) is 115 cm³/mol. The zero-order valence-corrected chi connectivity index (χ0v) is 17.2. The van der Waals surface area contributed by atoms with Crippen LogP contribution in [0.1, 0.15) is 22.4 Å². The fourth-order valence-electron chi connectivity index (χ4n) is 3.25. The van der Waals surface area contributed by atoms with E-state index in [2.05, 4.69) is 15.2 Å². The van der Waals surface area contributed by atoms with Crippen LogP contribution in [0.4, 0.5) is 5.69 Å². The molecule has 2 aromatic heterocycles. The van der Waals surface area contributed by atoms with Crippen molar-refractivity contribution in [3.8, 4) is 17.2 Å². The molecule has 0 spiro atoms. The number of nitrogens with zero attached hydrogens (tertiary/aromatic N) is 2. The molecule has 0 unspecified atom stereocenters. The SMILES string of the molecule is COc1ccc(Cc2cnc3n[nH]c(C)c3c2Oc2cc(Cl)c(N)cc2C)cc1. The topological polar surface area (TPSA) is 86.0 Å². The van der Waals surface area contributed by atoms with Crippen LogP contribution in [0.15, 0.2) is 42.6 Å². The van der Waals surface area contributed by atoms with Crippen molar-refractivity contribution in [2.45, 2.75) is 20.3 Å². The number of hydrogen-bond acceptors (Lipinski definition) is 5. The molecule has 0 saturated carbocycles. The molecule has 0 bridgehead atoms. The van der Waals surface area contributed by atoms with Crippen molar-refractivity contribution >= 4 is 28.3 Å². The van der Waals surface area contributed by atoms with Gasteiger partial charge >= 0.3 is 0 Å². The van der Waals surface area contributed by atoms with Crippen molar-refractivity contribution in [1.29, 1.82) is 0 Å². The molecule has 0 fully saturated rings. The molecule has 4 rings (SSSR count). The Morgan fingerprint density at radius 3 is 2.62 bits per heavy atom. The minimum Gasteiger partial charge on any atom is -0.497 e. The largest absolute Gasteiger partial charge is 0.497 e. The lowest BCUT2D eigenvalue weighted by molar-refractivity contribution is 0.414. The molecule has 0 saturated heterocycles. The molecule has 0 amide bonds. The van der Waals surface area contributed by atoms with Crippen molar-refractivity contribution in [2.24, 2.45) is 0 Å². The number of nitrogen functional groups attached to an aromatic ring is 1. The standard InChI is InChI=1S/C22H21ClN4O2/c1-12-8-18(24)17(23)10-19(12)29-21-15(9-14-4-6-16(28-3)7-5-14)11-25-22-20(21)13(2)26-27-22/h4-8,10-11H,9,24H2,1-3H3,(H,25,26,27). The number of benzene rings is 2. The molecular formula is C22H21ClN4O2. The first-order chi connectivity index (χ1) is 14.0. The zero-order chi connectivity index (χ0) is 20.5. The van der Waals surface area contributed by atoms with Gasteiger partial charge in [-0.25, -0.2) is 4.98 Å². The normalized spacial score (nSPS) is 11.0. The first-order valence-electron chi connectivity index (χ1n) is 9.15. The van der Waals surface area contributed by atoms with E-state index in [1.807, 2.05) is 38.1 Å². The van der Waals surface area contributed by atoms with Gasteiger partial charge in [-0.05, 0) is 43.2 Å². The molecule has 4 aromatic rings. The lowest BCUT2D eigenvalue weighted by Crippen LogP contribution is -1.99. The molecule has 2 heterocycles. The third-order valence-corrected chi connectivity index (χ3v) is 5.18. The van der Waals surface area contributed by atoms with E-state index >= 15 is 0 Å². The van der Waals surface area contributed by atoms with Gasteiger partial charge in [0, 0.05) is 29.9 Å².